The van der Waals surface area contributed by atoms with Crippen LogP contribution in [0, 0.1) is 17.5 Å². The van der Waals surface area contributed by atoms with Gasteiger partial charge < -0.3 is 5.32 Å². The largest absolute Gasteiger partial charge is 0.352 e. The first-order chi connectivity index (χ1) is 9.58. The maximum Gasteiger partial charge on any atom is 0.254 e. The predicted octanol–water partition coefficient (Wildman–Crippen LogP) is 3.08. The van der Waals surface area contributed by atoms with E-state index in [2.05, 4.69) is 5.32 Å². The summed E-state index contributed by atoms with van der Waals surface area (Å²) in [6.07, 6.45) is 0.475. The van der Waals surface area contributed by atoms with Crippen LogP contribution in [0.25, 0.3) is 0 Å². The Balaban J connectivity index is 1.92. The zero-order valence-electron chi connectivity index (χ0n) is 10.5. The van der Waals surface area contributed by atoms with Crippen LogP contribution < -0.4 is 5.32 Å². The van der Waals surface area contributed by atoms with Gasteiger partial charge in [-0.25, -0.2) is 13.2 Å². The van der Waals surface area contributed by atoms with Crippen LogP contribution in [0.4, 0.5) is 13.2 Å². The minimum absolute atomic E-state index is 0.250. The molecule has 0 saturated heterocycles. The predicted molar refractivity (Wildman–Crippen MR) is 68.8 cm³/mol. The van der Waals surface area contributed by atoms with Crippen molar-refractivity contribution in [2.75, 3.05) is 6.54 Å². The van der Waals surface area contributed by atoms with Crippen LogP contribution in [0.3, 0.4) is 0 Å². The third-order valence-corrected chi connectivity index (χ3v) is 2.81. The summed E-state index contributed by atoms with van der Waals surface area (Å²) in [6, 6.07) is 9.28. The van der Waals surface area contributed by atoms with Gasteiger partial charge in [0.2, 0.25) is 0 Å². The molecule has 0 saturated carbocycles. The Morgan fingerprint density at radius 3 is 2.40 bits per heavy atom. The lowest BCUT2D eigenvalue weighted by Gasteiger charge is -2.06. The summed E-state index contributed by atoms with van der Waals surface area (Å²) >= 11 is 0. The SMILES string of the molecule is O=C(NCCc1ccc(F)cc1)c1cccc(F)c1F. The Morgan fingerprint density at radius 1 is 1.00 bits per heavy atom. The van der Waals surface area contributed by atoms with Crippen LogP contribution in [0.5, 0.6) is 0 Å². The topological polar surface area (TPSA) is 29.1 Å². The number of rotatable bonds is 4. The van der Waals surface area contributed by atoms with Crippen molar-refractivity contribution in [1.82, 2.24) is 5.32 Å². The first-order valence-electron chi connectivity index (χ1n) is 6.04. The minimum Gasteiger partial charge on any atom is -0.352 e. The van der Waals surface area contributed by atoms with Crippen molar-refractivity contribution < 1.29 is 18.0 Å². The average Bonchev–Trinajstić information content (AvgIpc) is 2.44. The number of halogens is 3. The van der Waals surface area contributed by atoms with Crippen molar-refractivity contribution in [3.63, 3.8) is 0 Å². The summed E-state index contributed by atoms with van der Waals surface area (Å²) in [5.41, 5.74) is 0.510. The van der Waals surface area contributed by atoms with Gasteiger partial charge in [-0.05, 0) is 36.2 Å². The van der Waals surface area contributed by atoms with Crippen molar-refractivity contribution >= 4 is 5.91 Å². The maximum absolute atomic E-state index is 13.4. The molecule has 2 aromatic carbocycles. The second kappa shape index (κ2) is 6.23. The molecule has 1 amide bonds. The van der Waals surface area contributed by atoms with Crippen LogP contribution in [0.1, 0.15) is 15.9 Å². The number of benzene rings is 2. The van der Waals surface area contributed by atoms with Gasteiger partial charge in [0.05, 0.1) is 5.56 Å². The molecule has 0 aliphatic rings. The standard InChI is InChI=1S/C15H12F3NO/c16-11-6-4-10(5-7-11)8-9-19-15(20)12-2-1-3-13(17)14(12)18/h1-7H,8-9H2,(H,19,20). The smallest absolute Gasteiger partial charge is 0.254 e. The first kappa shape index (κ1) is 14.1. The summed E-state index contributed by atoms with van der Waals surface area (Å²) < 4.78 is 39.0. The van der Waals surface area contributed by atoms with Gasteiger partial charge >= 0.3 is 0 Å². The monoisotopic (exact) mass is 279 g/mol. The van der Waals surface area contributed by atoms with Crippen molar-refractivity contribution in [1.29, 1.82) is 0 Å². The van der Waals surface area contributed by atoms with E-state index in [4.69, 9.17) is 0 Å². The average molecular weight is 279 g/mol. The fourth-order valence-corrected chi connectivity index (χ4v) is 1.75. The van der Waals surface area contributed by atoms with Crippen molar-refractivity contribution in [3.05, 3.63) is 71.0 Å². The third-order valence-electron chi connectivity index (χ3n) is 2.81. The molecule has 2 nitrogen and oxygen atoms in total. The van der Waals surface area contributed by atoms with Crippen LogP contribution in [-0.2, 0) is 6.42 Å². The summed E-state index contributed by atoms with van der Waals surface area (Å²) in [5, 5.41) is 2.49. The van der Waals surface area contributed by atoms with Gasteiger partial charge in [0.1, 0.15) is 5.82 Å². The highest BCUT2D eigenvalue weighted by atomic mass is 19.2. The lowest BCUT2D eigenvalue weighted by molar-refractivity contribution is 0.0949. The zero-order chi connectivity index (χ0) is 14.5. The van der Waals surface area contributed by atoms with Crippen molar-refractivity contribution in [2.24, 2.45) is 0 Å². The van der Waals surface area contributed by atoms with E-state index in [1.165, 1.54) is 24.3 Å². The van der Waals surface area contributed by atoms with Crippen molar-refractivity contribution in [3.8, 4) is 0 Å². The number of amides is 1. The Hall–Kier alpha value is -2.30. The van der Waals surface area contributed by atoms with E-state index in [1.807, 2.05) is 0 Å². The number of carbonyl (C=O) groups is 1. The van der Waals surface area contributed by atoms with E-state index in [1.54, 1.807) is 12.1 Å². The second-order valence-corrected chi connectivity index (χ2v) is 4.23. The molecule has 0 bridgehead atoms. The summed E-state index contributed by atoms with van der Waals surface area (Å²) in [5.74, 6) is -3.23. The second-order valence-electron chi connectivity index (χ2n) is 4.23. The molecule has 0 aromatic heterocycles. The van der Waals surface area contributed by atoms with Crippen molar-refractivity contribution in [2.45, 2.75) is 6.42 Å². The minimum atomic E-state index is -1.16. The van der Waals surface area contributed by atoms with Crippen LogP contribution in [0.2, 0.25) is 0 Å². The molecule has 0 aliphatic carbocycles. The number of hydrogen-bond acceptors (Lipinski definition) is 1. The highest BCUT2D eigenvalue weighted by Gasteiger charge is 2.14. The fraction of sp³-hybridized carbons (Fsp3) is 0.133. The summed E-state index contributed by atoms with van der Waals surface area (Å²) in [7, 11) is 0. The molecular weight excluding hydrogens is 267 g/mol. The van der Waals surface area contributed by atoms with E-state index in [-0.39, 0.29) is 17.9 Å². The highest BCUT2D eigenvalue weighted by Crippen LogP contribution is 2.11. The van der Waals surface area contributed by atoms with Crippen LogP contribution >= 0.6 is 0 Å². The quantitative estimate of drug-likeness (QED) is 0.915. The van der Waals surface area contributed by atoms with Gasteiger partial charge in [-0.2, -0.15) is 0 Å². The number of nitrogens with one attached hydrogen (secondary N) is 1. The molecule has 0 fully saturated rings. The first-order valence-corrected chi connectivity index (χ1v) is 6.04. The summed E-state index contributed by atoms with van der Waals surface area (Å²) in [6.45, 7) is 0.250. The number of carbonyl (C=O) groups excluding carboxylic acids is 1. The van der Waals surface area contributed by atoms with Gasteiger partial charge in [0.25, 0.3) is 5.91 Å². The van der Waals surface area contributed by atoms with Crippen LogP contribution in [0.15, 0.2) is 42.5 Å². The molecule has 0 aliphatic heterocycles. The molecule has 2 aromatic rings. The van der Waals surface area contributed by atoms with Gasteiger partial charge in [0.15, 0.2) is 11.6 Å². The molecule has 0 spiro atoms. The van der Waals surface area contributed by atoms with Gasteiger partial charge in [-0.15, -0.1) is 0 Å². The molecular formula is C15H12F3NO. The lowest BCUT2D eigenvalue weighted by Crippen LogP contribution is -2.26. The normalized spacial score (nSPS) is 10.3. The van der Waals surface area contributed by atoms with Gasteiger partial charge in [-0.3, -0.25) is 4.79 Å². The molecule has 0 radical (unpaired) electrons. The molecule has 5 heteroatoms. The van der Waals surface area contributed by atoms with E-state index >= 15 is 0 Å². The molecule has 0 unspecified atom stereocenters. The molecule has 0 atom stereocenters. The maximum atomic E-state index is 13.4. The molecule has 20 heavy (non-hydrogen) atoms. The zero-order valence-corrected chi connectivity index (χ0v) is 10.5. The molecule has 104 valence electrons. The Morgan fingerprint density at radius 2 is 1.70 bits per heavy atom. The molecule has 2 rings (SSSR count). The molecule has 0 heterocycles. The van der Waals surface area contributed by atoms with Gasteiger partial charge in [0, 0.05) is 6.54 Å². The Kier molecular flexibility index (Phi) is 4.40. The fourth-order valence-electron chi connectivity index (χ4n) is 1.75. The Labute approximate surface area is 114 Å². The van der Waals surface area contributed by atoms with E-state index in [9.17, 15) is 18.0 Å². The van der Waals surface area contributed by atoms with Crippen LogP contribution in [-0.4, -0.2) is 12.5 Å². The lowest BCUT2D eigenvalue weighted by atomic mass is 10.1. The highest BCUT2D eigenvalue weighted by molar-refractivity contribution is 5.94. The van der Waals surface area contributed by atoms with E-state index < -0.39 is 17.5 Å². The Bertz CT molecular complexity index is 611. The van der Waals surface area contributed by atoms with Gasteiger partial charge in [-0.1, -0.05) is 18.2 Å². The third kappa shape index (κ3) is 3.38. The molecule has 1 N–H and O–H groups in total. The van der Waals surface area contributed by atoms with E-state index in [0.717, 1.165) is 11.6 Å². The van der Waals surface area contributed by atoms with E-state index in [0.29, 0.717) is 6.42 Å². The summed E-state index contributed by atoms with van der Waals surface area (Å²) in [4.78, 5) is 11.7. The number of hydrogen-bond donors (Lipinski definition) is 1.